The monoisotopic (exact) mass is 261 g/mol. The first-order valence-corrected chi connectivity index (χ1v) is 6.56. The fraction of sp³-hybridized carbons (Fsp3) is 0.300. The zero-order chi connectivity index (χ0) is 13.1. The SMILES string of the molecule is CS(=O)(=O)N(CC(=O)O)Cc1ccccc1F. The van der Waals surface area contributed by atoms with Gasteiger partial charge in [-0.1, -0.05) is 18.2 Å². The Morgan fingerprint density at radius 2 is 2.00 bits per heavy atom. The van der Waals surface area contributed by atoms with E-state index in [0.29, 0.717) is 4.31 Å². The molecule has 0 radical (unpaired) electrons. The Morgan fingerprint density at radius 1 is 1.41 bits per heavy atom. The van der Waals surface area contributed by atoms with Crippen molar-refractivity contribution in [2.75, 3.05) is 12.8 Å². The van der Waals surface area contributed by atoms with Crippen molar-refractivity contribution in [2.45, 2.75) is 6.54 Å². The fourth-order valence-electron chi connectivity index (χ4n) is 1.26. The lowest BCUT2D eigenvalue weighted by Gasteiger charge is -2.17. The Labute approximate surface area is 98.5 Å². The maximum absolute atomic E-state index is 13.3. The molecule has 0 saturated heterocycles. The minimum atomic E-state index is -3.69. The van der Waals surface area contributed by atoms with E-state index >= 15 is 0 Å². The Morgan fingerprint density at radius 3 is 2.47 bits per heavy atom. The van der Waals surface area contributed by atoms with Crippen LogP contribution < -0.4 is 0 Å². The Hall–Kier alpha value is -1.47. The number of halogens is 1. The van der Waals surface area contributed by atoms with Gasteiger partial charge in [0, 0.05) is 12.1 Å². The molecule has 0 aromatic heterocycles. The van der Waals surface area contributed by atoms with Crippen LogP contribution >= 0.6 is 0 Å². The molecule has 0 aliphatic carbocycles. The molecular formula is C10H12FNO4S. The van der Waals surface area contributed by atoms with Crippen molar-refractivity contribution in [3.63, 3.8) is 0 Å². The van der Waals surface area contributed by atoms with Crippen LogP contribution in [-0.2, 0) is 21.4 Å². The third kappa shape index (κ3) is 4.12. The molecule has 0 aliphatic rings. The second-order valence-corrected chi connectivity index (χ2v) is 5.50. The second kappa shape index (κ2) is 5.24. The summed E-state index contributed by atoms with van der Waals surface area (Å²) in [7, 11) is -3.69. The average molecular weight is 261 g/mol. The zero-order valence-electron chi connectivity index (χ0n) is 9.13. The van der Waals surface area contributed by atoms with E-state index in [0.717, 1.165) is 6.26 Å². The van der Waals surface area contributed by atoms with E-state index in [-0.39, 0.29) is 12.1 Å². The molecule has 0 unspecified atom stereocenters. The first kappa shape index (κ1) is 13.6. The van der Waals surface area contributed by atoms with Crippen molar-refractivity contribution < 1.29 is 22.7 Å². The van der Waals surface area contributed by atoms with E-state index in [4.69, 9.17) is 5.11 Å². The van der Waals surface area contributed by atoms with Crippen molar-refractivity contribution in [2.24, 2.45) is 0 Å². The minimum Gasteiger partial charge on any atom is -0.480 e. The normalized spacial score (nSPS) is 11.7. The number of hydrogen-bond donors (Lipinski definition) is 1. The van der Waals surface area contributed by atoms with Crippen LogP contribution in [0, 0.1) is 5.82 Å². The number of rotatable bonds is 5. The predicted octanol–water partition coefficient (Wildman–Crippen LogP) is 0.672. The molecule has 1 rings (SSSR count). The van der Waals surface area contributed by atoms with Crippen molar-refractivity contribution in [1.82, 2.24) is 4.31 Å². The second-order valence-electron chi connectivity index (χ2n) is 3.52. The van der Waals surface area contributed by atoms with E-state index in [1.54, 1.807) is 6.07 Å². The van der Waals surface area contributed by atoms with Gasteiger partial charge in [0.1, 0.15) is 12.4 Å². The third-order valence-corrected chi connectivity index (χ3v) is 3.28. The first-order chi connectivity index (χ1) is 7.80. The van der Waals surface area contributed by atoms with Crippen molar-refractivity contribution in [3.05, 3.63) is 35.6 Å². The number of benzene rings is 1. The van der Waals surface area contributed by atoms with Crippen molar-refractivity contribution >= 4 is 16.0 Å². The number of aliphatic carboxylic acids is 1. The molecule has 17 heavy (non-hydrogen) atoms. The van der Waals surface area contributed by atoms with Crippen LogP contribution in [0.4, 0.5) is 4.39 Å². The summed E-state index contributed by atoms with van der Waals surface area (Å²) in [6.07, 6.45) is 0.886. The molecule has 0 heterocycles. The highest BCUT2D eigenvalue weighted by atomic mass is 32.2. The summed E-state index contributed by atoms with van der Waals surface area (Å²) in [4.78, 5) is 10.5. The predicted molar refractivity (Wildman–Crippen MR) is 59.3 cm³/mol. The molecule has 1 aromatic rings. The van der Waals surface area contributed by atoms with Gasteiger partial charge in [-0.15, -0.1) is 0 Å². The van der Waals surface area contributed by atoms with Gasteiger partial charge in [0.15, 0.2) is 0 Å². The summed E-state index contributed by atoms with van der Waals surface area (Å²) in [6.45, 7) is -0.981. The largest absolute Gasteiger partial charge is 0.480 e. The van der Waals surface area contributed by atoms with Gasteiger partial charge in [-0.3, -0.25) is 4.79 Å². The maximum atomic E-state index is 13.3. The van der Waals surface area contributed by atoms with Gasteiger partial charge in [0.25, 0.3) is 0 Å². The topological polar surface area (TPSA) is 74.7 Å². The number of nitrogens with zero attached hydrogens (tertiary/aromatic N) is 1. The zero-order valence-corrected chi connectivity index (χ0v) is 9.95. The fourth-order valence-corrected chi connectivity index (χ4v) is 1.98. The highest BCUT2D eigenvalue weighted by Crippen LogP contribution is 2.11. The molecule has 94 valence electrons. The number of carbonyl (C=O) groups is 1. The molecular weight excluding hydrogens is 249 g/mol. The molecule has 7 heteroatoms. The molecule has 0 amide bonds. The number of carboxylic acids is 1. The molecule has 0 fully saturated rings. The van der Waals surface area contributed by atoms with Gasteiger partial charge in [-0.05, 0) is 6.07 Å². The van der Waals surface area contributed by atoms with Gasteiger partial charge < -0.3 is 5.11 Å². The summed E-state index contributed by atoms with van der Waals surface area (Å²) in [5.74, 6) is -1.85. The van der Waals surface area contributed by atoms with E-state index in [9.17, 15) is 17.6 Å². The number of hydrogen-bond acceptors (Lipinski definition) is 3. The van der Waals surface area contributed by atoms with E-state index < -0.39 is 28.4 Å². The van der Waals surface area contributed by atoms with E-state index in [2.05, 4.69) is 0 Å². The third-order valence-electron chi connectivity index (χ3n) is 2.09. The summed E-state index contributed by atoms with van der Waals surface area (Å²) >= 11 is 0. The molecule has 0 spiro atoms. The summed E-state index contributed by atoms with van der Waals surface area (Å²) in [5.41, 5.74) is 0.138. The van der Waals surface area contributed by atoms with Gasteiger partial charge in [-0.2, -0.15) is 4.31 Å². The summed E-state index contributed by atoms with van der Waals surface area (Å²) in [5, 5.41) is 8.59. The van der Waals surface area contributed by atoms with Crippen LogP contribution in [0.5, 0.6) is 0 Å². The minimum absolute atomic E-state index is 0.138. The molecule has 0 bridgehead atoms. The van der Waals surface area contributed by atoms with E-state index in [1.165, 1.54) is 18.2 Å². The molecule has 5 nitrogen and oxygen atoms in total. The highest BCUT2D eigenvalue weighted by molar-refractivity contribution is 7.88. The van der Waals surface area contributed by atoms with Crippen LogP contribution in [-0.4, -0.2) is 36.6 Å². The lowest BCUT2D eigenvalue weighted by Crippen LogP contribution is -2.34. The van der Waals surface area contributed by atoms with Crippen LogP contribution in [0.1, 0.15) is 5.56 Å². The maximum Gasteiger partial charge on any atom is 0.318 e. The summed E-state index contributed by atoms with van der Waals surface area (Å²) in [6, 6.07) is 5.63. The molecule has 0 saturated carbocycles. The lowest BCUT2D eigenvalue weighted by atomic mass is 10.2. The van der Waals surface area contributed by atoms with Gasteiger partial charge in [-0.25, -0.2) is 12.8 Å². The van der Waals surface area contributed by atoms with Crippen LogP contribution in [0.2, 0.25) is 0 Å². The number of sulfonamides is 1. The van der Waals surface area contributed by atoms with Crippen LogP contribution in [0.3, 0.4) is 0 Å². The molecule has 1 N–H and O–H groups in total. The van der Waals surface area contributed by atoms with Crippen LogP contribution in [0.15, 0.2) is 24.3 Å². The molecule has 0 atom stereocenters. The lowest BCUT2D eigenvalue weighted by molar-refractivity contribution is -0.137. The average Bonchev–Trinajstić information content (AvgIpc) is 2.18. The van der Waals surface area contributed by atoms with Crippen molar-refractivity contribution in [1.29, 1.82) is 0 Å². The van der Waals surface area contributed by atoms with Gasteiger partial charge in [0.05, 0.1) is 6.26 Å². The number of carboxylic acid groups (broad SMARTS) is 1. The highest BCUT2D eigenvalue weighted by Gasteiger charge is 2.21. The molecule has 0 aliphatic heterocycles. The van der Waals surface area contributed by atoms with Gasteiger partial charge in [0.2, 0.25) is 10.0 Å². The standard InChI is InChI=1S/C10H12FNO4S/c1-17(15,16)12(7-10(13)14)6-8-4-2-3-5-9(8)11/h2-5H,6-7H2,1H3,(H,13,14). The smallest absolute Gasteiger partial charge is 0.318 e. The Kier molecular flexibility index (Phi) is 4.19. The summed E-state index contributed by atoms with van der Waals surface area (Å²) < 4.78 is 36.7. The Balaban J connectivity index is 2.95. The molecule has 1 aromatic carbocycles. The van der Waals surface area contributed by atoms with Crippen molar-refractivity contribution in [3.8, 4) is 0 Å². The Bertz CT molecular complexity index is 515. The first-order valence-electron chi connectivity index (χ1n) is 4.71. The van der Waals surface area contributed by atoms with Crippen LogP contribution in [0.25, 0.3) is 0 Å². The van der Waals surface area contributed by atoms with Gasteiger partial charge >= 0.3 is 5.97 Å². The van der Waals surface area contributed by atoms with E-state index in [1.807, 2.05) is 0 Å². The quantitative estimate of drug-likeness (QED) is 0.845.